The van der Waals surface area contributed by atoms with E-state index in [0.29, 0.717) is 0 Å². The number of nitrogens with zero attached hydrogens (tertiary/aromatic N) is 1. The van der Waals surface area contributed by atoms with Gasteiger partial charge in [0.2, 0.25) is 0 Å². The third-order valence-corrected chi connectivity index (χ3v) is 2.00. The van der Waals surface area contributed by atoms with Gasteiger partial charge in [0.15, 0.2) is 0 Å². The summed E-state index contributed by atoms with van der Waals surface area (Å²) in [5, 5.41) is 0. The first kappa shape index (κ1) is 7.26. The van der Waals surface area contributed by atoms with E-state index in [-0.39, 0.29) is 0 Å². The van der Waals surface area contributed by atoms with Crippen molar-refractivity contribution in [2.24, 2.45) is 4.99 Å². The molecule has 1 rings (SSSR count). The molecule has 0 atom stereocenters. The zero-order chi connectivity index (χ0) is 7.72. The van der Waals surface area contributed by atoms with Crippen LogP contribution in [0.1, 0.15) is 27.2 Å². The van der Waals surface area contributed by atoms with E-state index in [0.717, 1.165) is 17.8 Å². The summed E-state index contributed by atoms with van der Waals surface area (Å²) in [7, 11) is 0. The first-order valence-corrected chi connectivity index (χ1v) is 3.61. The summed E-state index contributed by atoms with van der Waals surface area (Å²) in [5.74, 6) is 0. The SMILES string of the molecule is C=C1N=C(C)C(C)=C1CC. The molecule has 0 radical (unpaired) electrons. The lowest BCUT2D eigenvalue weighted by molar-refractivity contribution is 1.10. The molecule has 0 aliphatic carbocycles. The van der Waals surface area contributed by atoms with Crippen LogP contribution in [0.5, 0.6) is 0 Å². The Labute approximate surface area is 62.2 Å². The van der Waals surface area contributed by atoms with E-state index in [1.54, 1.807) is 0 Å². The van der Waals surface area contributed by atoms with Gasteiger partial charge in [0, 0.05) is 5.71 Å². The Morgan fingerprint density at radius 3 is 2.20 bits per heavy atom. The van der Waals surface area contributed by atoms with Gasteiger partial charge in [-0.05, 0) is 31.4 Å². The quantitative estimate of drug-likeness (QED) is 0.524. The van der Waals surface area contributed by atoms with E-state index < -0.39 is 0 Å². The minimum atomic E-state index is 0.956. The maximum atomic E-state index is 4.27. The van der Waals surface area contributed by atoms with E-state index in [9.17, 15) is 0 Å². The third-order valence-electron chi connectivity index (χ3n) is 2.00. The predicted octanol–water partition coefficient (Wildman–Crippen LogP) is 2.70. The van der Waals surface area contributed by atoms with E-state index >= 15 is 0 Å². The average molecular weight is 135 g/mol. The highest BCUT2D eigenvalue weighted by molar-refractivity contribution is 6.02. The van der Waals surface area contributed by atoms with Crippen LogP contribution in [-0.2, 0) is 0 Å². The molecule has 0 aromatic rings. The Hall–Kier alpha value is -0.850. The molecular weight excluding hydrogens is 122 g/mol. The second-order valence-corrected chi connectivity index (χ2v) is 2.60. The van der Waals surface area contributed by atoms with Gasteiger partial charge in [-0.25, -0.2) is 0 Å². The van der Waals surface area contributed by atoms with Crippen molar-refractivity contribution in [3.05, 3.63) is 23.4 Å². The average Bonchev–Trinajstić information content (AvgIpc) is 2.09. The van der Waals surface area contributed by atoms with Crippen LogP contribution in [0.3, 0.4) is 0 Å². The molecule has 0 spiro atoms. The van der Waals surface area contributed by atoms with Crippen LogP contribution in [0.4, 0.5) is 0 Å². The van der Waals surface area contributed by atoms with Crippen LogP contribution in [0, 0.1) is 0 Å². The summed E-state index contributed by atoms with van der Waals surface area (Å²) in [5.41, 5.74) is 4.71. The van der Waals surface area contributed by atoms with E-state index in [1.165, 1.54) is 11.1 Å². The van der Waals surface area contributed by atoms with Crippen molar-refractivity contribution >= 4 is 5.71 Å². The van der Waals surface area contributed by atoms with Crippen molar-refractivity contribution in [2.45, 2.75) is 27.2 Å². The summed E-state index contributed by atoms with van der Waals surface area (Å²) in [4.78, 5) is 4.27. The molecule has 54 valence electrons. The van der Waals surface area contributed by atoms with Gasteiger partial charge < -0.3 is 0 Å². The van der Waals surface area contributed by atoms with Crippen LogP contribution in [0.25, 0.3) is 0 Å². The zero-order valence-electron chi connectivity index (χ0n) is 6.86. The molecule has 1 aliphatic rings. The molecule has 1 heterocycles. The molecule has 0 fully saturated rings. The molecule has 0 N–H and O–H groups in total. The van der Waals surface area contributed by atoms with Gasteiger partial charge in [-0.3, -0.25) is 4.99 Å². The molecular formula is C9H13N. The molecule has 0 amide bonds. The van der Waals surface area contributed by atoms with Crippen LogP contribution in [0.2, 0.25) is 0 Å². The topological polar surface area (TPSA) is 12.4 Å². The van der Waals surface area contributed by atoms with E-state index in [4.69, 9.17) is 0 Å². The van der Waals surface area contributed by atoms with Gasteiger partial charge in [0.05, 0.1) is 5.70 Å². The monoisotopic (exact) mass is 135 g/mol. The molecule has 0 aromatic carbocycles. The predicted molar refractivity (Wildman–Crippen MR) is 45.2 cm³/mol. The summed E-state index contributed by atoms with van der Waals surface area (Å²) >= 11 is 0. The molecule has 1 nitrogen and oxygen atoms in total. The largest absolute Gasteiger partial charge is 0.254 e. The minimum Gasteiger partial charge on any atom is -0.254 e. The normalized spacial score (nSPS) is 18.3. The number of hydrogen-bond acceptors (Lipinski definition) is 1. The number of rotatable bonds is 1. The molecule has 1 aliphatic heterocycles. The molecule has 10 heavy (non-hydrogen) atoms. The maximum absolute atomic E-state index is 4.27. The first-order chi connectivity index (χ1) is 4.66. The van der Waals surface area contributed by atoms with Crippen LogP contribution < -0.4 is 0 Å². The van der Waals surface area contributed by atoms with Gasteiger partial charge in [-0.1, -0.05) is 13.5 Å². The molecule has 0 saturated carbocycles. The highest BCUT2D eigenvalue weighted by Crippen LogP contribution is 2.25. The van der Waals surface area contributed by atoms with Gasteiger partial charge in [-0.2, -0.15) is 0 Å². The van der Waals surface area contributed by atoms with E-state index in [1.807, 2.05) is 6.92 Å². The van der Waals surface area contributed by atoms with Crippen molar-refractivity contribution in [2.75, 3.05) is 0 Å². The van der Waals surface area contributed by atoms with Gasteiger partial charge in [0.1, 0.15) is 0 Å². The van der Waals surface area contributed by atoms with Crippen LogP contribution in [0.15, 0.2) is 28.4 Å². The van der Waals surface area contributed by atoms with Crippen molar-refractivity contribution in [3.8, 4) is 0 Å². The lowest BCUT2D eigenvalue weighted by Crippen LogP contribution is -1.88. The standard InChI is InChI=1S/C9H13N/c1-5-9-6(2)7(3)10-8(9)4/h4-5H2,1-3H3. The second kappa shape index (κ2) is 2.41. The van der Waals surface area contributed by atoms with Crippen molar-refractivity contribution < 1.29 is 0 Å². The van der Waals surface area contributed by atoms with Gasteiger partial charge in [-0.15, -0.1) is 0 Å². The summed E-state index contributed by atoms with van der Waals surface area (Å²) in [6.07, 6.45) is 1.05. The highest BCUT2D eigenvalue weighted by atomic mass is 14.8. The first-order valence-electron chi connectivity index (χ1n) is 3.61. The zero-order valence-corrected chi connectivity index (χ0v) is 6.86. The van der Waals surface area contributed by atoms with E-state index in [2.05, 4.69) is 25.4 Å². The van der Waals surface area contributed by atoms with Crippen molar-refractivity contribution in [1.29, 1.82) is 0 Å². The van der Waals surface area contributed by atoms with Crippen LogP contribution >= 0.6 is 0 Å². The Bertz CT molecular complexity index is 231. The summed E-state index contributed by atoms with van der Waals surface area (Å²) < 4.78 is 0. The summed E-state index contributed by atoms with van der Waals surface area (Å²) in [6, 6.07) is 0. The lowest BCUT2D eigenvalue weighted by Gasteiger charge is -1.97. The fourth-order valence-electron chi connectivity index (χ4n) is 1.26. The molecule has 0 saturated heterocycles. The Morgan fingerprint density at radius 2 is 2.00 bits per heavy atom. The molecule has 0 unspecified atom stereocenters. The molecule has 1 heteroatoms. The number of allylic oxidation sites excluding steroid dienone is 2. The molecule has 0 bridgehead atoms. The number of aliphatic imine (C=N–C) groups is 1. The highest BCUT2D eigenvalue weighted by Gasteiger charge is 2.12. The lowest BCUT2D eigenvalue weighted by atomic mass is 10.1. The van der Waals surface area contributed by atoms with Crippen molar-refractivity contribution in [1.82, 2.24) is 0 Å². The summed E-state index contributed by atoms with van der Waals surface area (Å²) in [6.45, 7) is 10.1. The van der Waals surface area contributed by atoms with Crippen LogP contribution in [-0.4, -0.2) is 5.71 Å². The smallest absolute Gasteiger partial charge is 0.0596 e. The van der Waals surface area contributed by atoms with Crippen molar-refractivity contribution in [3.63, 3.8) is 0 Å². The fraction of sp³-hybridized carbons (Fsp3) is 0.444. The third kappa shape index (κ3) is 0.919. The minimum absolute atomic E-state index is 0.956. The number of hydrogen-bond donors (Lipinski definition) is 0. The Balaban J connectivity index is 3.04. The Morgan fingerprint density at radius 1 is 1.40 bits per heavy atom. The fourth-order valence-corrected chi connectivity index (χ4v) is 1.26. The van der Waals surface area contributed by atoms with Gasteiger partial charge >= 0.3 is 0 Å². The molecule has 0 aromatic heterocycles. The maximum Gasteiger partial charge on any atom is 0.0596 e. The van der Waals surface area contributed by atoms with Gasteiger partial charge in [0.25, 0.3) is 0 Å². The second-order valence-electron chi connectivity index (χ2n) is 2.60. The Kier molecular flexibility index (Phi) is 1.75.